The predicted molar refractivity (Wildman–Crippen MR) is 129 cm³/mol. The molecule has 0 aromatic rings. The van der Waals surface area contributed by atoms with Crippen molar-refractivity contribution < 1.29 is 172 Å². The number of rotatable bonds is 12. The minimum atomic E-state index is -2.59. The van der Waals surface area contributed by atoms with Gasteiger partial charge in [-0.15, -0.1) is 0 Å². The van der Waals surface area contributed by atoms with Crippen molar-refractivity contribution in [3.05, 3.63) is 0 Å². The van der Waals surface area contributed by atoms with E-state index < -0.39 is 108 Å². The third kappa shape index (κ3) is 12.0. The van der Waals surface area contributed by atoms with Gasteiger partial charge in [-0.3, -0.25) is 0 Å². The van der Waals surface area contributed by atoms with E-state index in [1.165, 1.54) is 20.8 Å². The molecule has 46 heavy (non-hydrogen) atoms. The Balaban J connectivity index is 0. The minimum absolute atomic E-state index is 0. The van der Waals surface area contributed by atoms with Crippen molar-refractivity contribution >= 4 is 30.5 Å². The molecular weight excluding hydrogens is 653 g/mol. The molecule has 13 atom stereocenters. The molecule has 246 valence electrons. The number of hydrogen-bond donors (Lipinski definition) is 4. The second-order valence-electron chi connectivity index (χ2n) is 12.4. The van der Waals surface area contributed by atoms with Crippen LogP contribution in [0, 0.1) is 17.3 Å². The van der Waals surface area contributed by atoms with E-state index in [0.29, 0.717) is 0 Å². The van der Waals surface area contributed by atoms with Crippen LogP contribution in [0.3, 0.4) is 0 Å². The van der Waals surface area contributed by atoms with Gasteiger partial charge in [0.2, 0.25) is 0 Å². The summed E-state index contributed by atoms with van der Waals surface area (Å²) >= 11 is 0. The van der Waals surface area contributed by atoms with Crippen molar-refractivity contribution in [2.45, 2.75) is 115 Å². The minimum Gasteiger partial charge on any atom is -0.547 e. The normalized spacial score (nSPS) is 33.4. The number of hydrogen-bond acceptors (Lipinski definition) is 17. The van der Waals surface area contributed by atoms with Crippen LogP contribution in [0.5, 0.6) is 0 Å². The van der Waals surface area contributed by atoms with Gasteiger partial charge in [0.1, 0.15) is 49.0 Å². The van der Waals surface area contributed by atoms with Crippen LogP contribution < -0.4 is 104 Å². The topological polar surface area (TPSA) is 282 Å². The van der Waals surface area contributed by atoms with E-state index in [4.69, 9.17) is 23.7 Å². The van der Waals surface area contributed by atoms with Gasteiger partial charge in [0.25, 0.3) is 0 Å². The van der Waals surface area contributed by atoms with Crippen molar-refractivity contribution in [1.29, 1.82) is 0 Å². The van der Waals surface area contributed by atoms with Crippen LogP contribution in [-0.2, 0) is 47.7 Å². The van der Waals surface area contributed by atoms with Crippen molar-refractivity contribution in [2.24, 2.45) is 17.3 Å². The number of ether oxygens (including phenoxy) is 5. The Hall–Kier alpha value is 0.390. The molecule has 2 aliphatic rings. The number of carbonyl (C=O) groups is 5. The summed E-state index contributed by atoms with van der Waals surface area (Å²) in [7, 11) is 0. The Kier molecular flexibility index (Phi) is 20.8. The van der Waals surface area contributed by atoms with Crippen LogP contribution in [0.25, 0.3) is 0 Å². The molecule has 0 aromatic carbocycles. The van der Waals surface area contributed by atoms with Gasteiger partial charge in [-0.05, 0) is 26.2 Å². The smallest absolute Gasteiger partial charge is 0.547 e. The first-order valence-electron chi connectivity index (χ1n) is 13.2. The summed E-state index contributed by atoms with van der Waals surface area (Å²) in [6, 6.07) is 0. The van der Waals surface area contributed by atoms with Crippen LogP contribution >= 0.6 is 0 Å². The largest absolute Gasteiger partial charge is 1.00 e. The molecule has 17 nitrogen and oxygen atoms in total. The Morgan fingerprint density at radius 3 is 1.61 bits per heavy atom. The zero-order chi connectivity index (χ0) is 33.2. The first-order valence-corrected chi connectivity index (χ1v) is 13.2. The van der Waals surface area contributed by atoms with Gasteiger partial charge < -0.3 is 83.4 Å². The number of carboxylic acids is 3. The molecule has 2 fully saturated rings. The van der Waals surface area contributed by atoms with Gasteiger partial charge in [0, 0.05) is 5.92 Å². The van der Waals surface area contributed by atoms with Gasteiger partial charge in [0.15, 0.2) is 18.9 Å². The fourth-order valence-electron chi connectivity index (χ4n) is 5.03. The van der Waals surface area contributed by atoms with E-state index in [-0.39, 0.29) is 101 Å². The molecule has 2 heterocycles. The molecule has 0 aromatic heterocycles. The van der Waals surface area contributed by atoms with Gasteiger partial charge in [0.05, 0.1) is 41.6 Å². The van der Waals surface area contributed by atoms with Crippen LogP contribution in [0.15, 0.2) is 0 Å². The molecule has 4 N–H and O–H groups in total. The summed E-state index contributed by atoms with van der Waals surface area (Å²) in [5.74, 6) is -9.31. The number of aliphatic hydroxyl groups excluding tert-OH is 4. The van der Waals surface area contributed by atoms with Crippen LogP contribution in [0.2, 0.25) is 0 Å². The van der Waals surface area contributed by atoms with Crippen LogP contribution in [0.1, 0.15) is 41.5 Å². The van der Waals surface area contributed by atoms with E-state index in [2.05, 4.69) is 0 Å². The van der Waals surface area contributed by atoms with E-state index in [9.17, 15) is 59.7 Å². The van der Waals surface area contributed by atoms with Crippen molar-refractivity contribution in [3.8, 4) is 0 Å². The summed E-state index contributed by atoms with van der Waals surface area (Å²) in [6.45, 7) is 9.21. The molecule has 0 aliphatic carbocycles. The van der Waals surface area contributed by atoms with Gasteiger partial charge in [-0.1, -0.05) is 20.8 Å². The maximum Gasteiger partial charge on any atom is 1.00 e. The fourth-order valence-corrected chi connectivity index (χ4v) is 5.03. The average molecular weight is 691 g/mol. The monoisotopic (exact) mass is 690 g/mol. The van der Waals surface area contributed by atoms with Crippen LogP contribution in [0.4, 0.5) is 0 Å². The molecule has 20 heteroatoms. The SMILES string of the molecule is CC(C)(C)O[C@@H]1OC(C(=O)[O-])[C@@H](C(C=O)OC(C(=O)[O-])C(C=O)O[C@@H]2OC(C(=O)[O-])[C@@H](C(C)(C)C)[C@H](O)C2O)[C@H](O)C1O.[Na+].[Na+].[Na+]. The third-order valence-electron chi connectivity index (χ3n) is 6.96. The van der Waals surface area contributed by atoms with Crippen molar-refractivity contribution in [1.82, 2.24) is 0 Å². The molecule has 2 aliphatic heterocycles. The number of aldehydes is 2. The van der Waals surface area contributed by atoms with Gasteiger partial charge in [-0.2, -0.15) is 0 Å². The maximum atomic E-state index is 12.0. The summed E-state index contributed by atoms with van der Waals surface area (Å²) in [5.41, 5.74) is -1.97. The first kappa shape index (κ1) is 48.5. The molecule has 0 saturated carbocycles. The average Bonchev–Trinajstić information content (AvgIpc) is 2.87. The molecule has 0 amide bonds. The summed E-state index contributed by atoms with van der Waals surface area (Å²) in [5, 5.41) is 78.1. The molecule has 2 saturated heterocycles. The van der Waals surface area contributed by atoms with Gasteiger partial charge >= 0.3 is 88.7 Å². The third-order valence-corrected chi connectivity index (χ3v) is 6.96. The van der Waals surface area contributed by atoms with Gasteiger partial charge in [-0.25, -0.2) is 0 Å². The van der Waals surface area contributed by atoms with Crippen molar-refractivity contribution in [3.63, 3.8) is 0 Å². The zero-order valence-electron chi connectivity index (χ0n) is 27.3. The molecular formula is C26H37Na3O17. The Labute approximate surface area is 331 Å². The predicted octanol–water partition coefficient (Wildman–Crippen LogP) is -15.2. The number of carboxylic acid groups (broad SMARTS) is 3. The van der Waals surface area contributed by atoms with E-state index in [0.717, 1.165) is 0 Å². The molecule has 7 unspecified atom stereocenters. The standard InChI is InChI=1S/C26H40O17.3Na/c1-25(2,3)12-14(30)16(32)23(42-19(12)22(37)38)40-10(8-28)17(20(33)34)39-9(7-27)11-13(29)15(31)24(43-26(4,5)6)41-18(11)21(35)36;;;/h7-19,23-24,29-32H,1-6H3,(H,33,34)(H,35,36)(H,37,38);;;/q;3*+1/p-3/t9?,10?,11-,12-,13-,14-,15?,16?,17?,18?,19?,23+,24-;;;/m0.../s1. The Morgan fingerprint density at radius 2 is 1.22 bits per heavy atom. The second kappa shape index (κ2) is 19.7. The Bertz CT molecular complexity index is 1030. The second-order valence-corrected chi connectivity index (χ2v) is 12.4. The molecule has 0 spiro atoms. The number of carbonyl (C=O) groups excluding carboxylic acids is 5. The molecule has 2 rings (SSSR count). The van der Waals surface area contributed by atoms with E-state index in [1.54, 1.807) is 20.8 Å². The van der Waals surface area contributed by atoms with Crippen molar-refractivity contribution in [2.75, 3.05) is 0 Å². The maximum absolute atomic E-state index is 12.0. The Morgan fingerprint density at radius 1 is 0.739 bits per heavy atom. The van der Waals surface area contributed by atoms with Crippen LogP contribution in [-0.4, -0.2) is 124 Å². The zero-order valence-corrected chi connectivity index (χ0v) is 33.3. The summed E-state index contributed by atoms with van der Waals surface area (Å²) < 4.78 is 26.2. The quantitative estimate of drug-likeness (QED) is 0.109. The fraction of sp³-hybridized carbons (Fsp3) is 0.808. The molecule has 0 bridgehead atoms. The molecule has 0 radical (unpaired) electrons. The van der Waals surface area contributed by atoms with E-state index >= 15 is 0 Å². The summed E-state index contributed by atoms with van der Waals surface area (Å²) in [4.78, 5) is 59.6. The first-order chi connectivity index (χ1) is 19.7. The number of aliphatic carboxylic acids is 3. The van der Waals surface area contributed by atoms with E-state index in [1.807, 2.05) is 0 Å². The summed E-state index contributed by atoms with van der Waals surface area (Å²) in [6.07, 6.45) is -23.5. The number of aliphatic hydroxyl groups is 4.